The Kier molecular flexibility index (Phi) is 3.78. The number of aliphatic hydroxyl groups is 1. The molecule has 8 nitrogen and oxygen atoms in total. The molecule has 2 aliphatic rings. The number of carbonyl (C=O) groups is 1. The molecule has 0 bridgehead atoms. The second kappa shape index (κ2) is 5.95. The molecular formula is C16H18N2O6. The normalized spacial score (nSPS) is 19.2. The lowest BCUT2D eigenvalue weighted by Crippen LogP contribution is -2.31. The number of esters is 1. The van der Waals surface area contributed by atoms with E-state index in [1.165, 1.54) is 7.11 Å². The number of hydrogen-bond acceptors (Lipinski definition) is 7. The Morgan fingerprint density at radius 1 is 1.38 bits per heavy atom. The topological polar surface area (TPSA) is 92.0 Å². The number of hydrogen-bond donors (Lipinski definition) is 1. The maximum absolute atomic E-state index is 12.1. The van der Waals surface area contributed by atoms with Crippen LogP contribution in [-0.4, -0.2) is 53.7 Å². The molecule has 4 rings (SSSR count). The molecule has 128 valence electrons. The molecule has 0 saturated carbocycles. The molecule has 24 heavy (non-hydrogen) atoms. The third-order valence-electron chi connectivity index (χ3n) is 4.34. The summed E-state index contributed by atoms with van der Waals surface area (Å²) in [6.07, 6.45) is 1.04. The van der Waals surface area contributed by atoms with Gasteiger partial charge in [-0.2, -0.15) is 0 Å². The molecule has 1 aromatic heterocycles. The van der Waals surface area contributed by atoms with Crippen molar-refractivity contribution in [2.75, 3.05) is 26.9 Å². The van der Waals surface area contributed by atoms with Gasteiger partial charge in [0.2, 0.25) is 0 Å². The van der Waals surface area contributed by atoms with Crippen LogP contribution in [0.2, 0.25) is 0 Å². The van der Waals surface area contributed by atoms with E-state index < -0.39 is 5.97 Å². The molecule has 2 aromatic rings. The van der Waals surface area contributed by atoms with E-state index in [0.29, 0.717) is 53.7 Å². The van der Waals surface area contributed by atoms with Crippen molar-refractivity contribution in [2.45, 2.75) is 25.7 Å². The van der Waals surface area contributed by atoms with Crippen LogP contribution in [-0.2, 0) is 22.6 Å². The van der Waals surface area contributed by atoms with Crippen molar-refractivity contribution in [2.24, 2.45) is 0 Å². The van der Waals surface area contributed by atoms with Crippen molar-refractivity contribution in [3.63, 3.8) is 0 Å². The number of ether oxygens (including phenoxy) is 4. The van der Waals surface area contributed by atoms with E-state index in [0.717, 1.165) is 13.0 Å². The highest BCUT2D eigenvalue weighted by molar-refractivity contribution is 6.00. The average molecular weight is 334 g/mol. The zero-order valence-electron chi connectivity index (χ0n) is 13.3. The predicted octanol–water partition coefficient (Wildman–Crippen LogP) is 0.875. The first kappa shape index (κ1) is 15.2. The van der Waals surface area contributed by atoms with Gasteiger partial charge in [-0.25, -0.2) is 9.78 Å². The molecule has 3 heterocycles. The van der Waals surface area contributed by atoms with Crippen molar-refractivity contribution >= 4 is 17.0 Å². The van der Waals surface area contributed by atoms with Gasteiger partial charge in [0.15, 0.2) is 11.5 Å². The van der Waals surface area contributed by atoms with E-state index in [9.17, 15) is 9.90 Å². The minimum atomic E-state index is -0.503. The first-order valence-electron chi connectivity index (χ1n) is 7.85. The maximum atomic E-state index is 12.1. The Bertz CT molecular complexity index is 796. The fraction of sp³-hybridized carbons (Fsp3) is 0.500. The Labute approximate surface area is 137 Å². The standard InChI is InChI=1S/C16H18N2O6/c1-21-16(20)10-6-11-13(15-14(10)23-4-5-24-15)17-12(8-19)18(11)7-9-2-3-22-9/h6,9,19H,2-5,7-8H2,1H3/t9-/m0/s1. The van der Waals surface area contributed by atoms with Gasteiger partial charge in [-0.1, -0.05) is 0 Å². The van der Waals surface area contributed by atoms with Gasteiger partial charge in [0.1, 0.15) is 36.7 Å². The lowest BCUT2D eigenvalue weighted by Gasteiger charge is -2.27. The number of rotatable bonds is 4. The van der Waals surface area contributed by atoms with Gasteiger partial charge < -0.3 is 28.6 Å². The SMILES string of the molecule is COC(=O)c1cc2c(nc(CO)n2C[C@@H]2CCO2)c2c1OCCO2. The fourth-order valence-electron chi connectivity index (χ4n) is 3.04. The number of benzene rings is 1. The summed E-state index contributed by atoms with van der Waals surface area (Å²) in [6.45, 7) is 1.81. The second-order valence-electron chi connectivity index (χ2n) is 5.72. The zero-order valence-corrected chi connectivity index (χ0v) is 13.3. The van der Waals surface area contributed by atoms with Crippen LogP contribution >= 0.6 is 0 Å². The summed E-state index contributed by atoms with van der Waals surface area (Å²) in [5.41, 5.74) is 1.56. The van der Waals surface area contributed by atoms with Crippen LogP contribution in [0.5, 0.6) is 11.5 Å². The maximum Gasteiger partial charge on any atom is 0.341 e. The van der Waals surface area contributed by atoms with Gasteiger partial charge in [0, 0.05) is 6.61 Å². The first-order chi connectivity index (χ1) is 11.7. The smallest absolute Gasteiger partial charge is 0.341 e. The predicted molar refractivity (Wildman–Crippen MR) is 82.3 cm³/mol. The van der Waals surface area contributed by atoms with E-state index in [1.807, 2.05) is 4.57 Å². The van der Waals surface area contributed by atoms with E-state index >= 15 is 0 Å². The van der Waals surface area contributed by atoms with Crippen LogP contribution in [0.3, 0.4) is 0 Å². The number of carbonyl (C=O) groups excluding carboxylic acids is 1. The van der Waals surface area contributed by atoms with Gasteiger partial charge in [-0.05, 0) is 12.5 Å². The number of nitrogens with zero attached hydrogens (tertiary/aromatic N) is 2. The summed E-state index contributed by atoms with van der Waals surface area (Å²) < 4.78 is 23.5. The van der Waals surface area contributed by atoms with Crippen molar-refractivity contribution in [1.82, 2.24) is 9.55 Å². The quantitative estimate of drug-likeness (QED) is 0.830. The number of aliphatic hydroxyl groups excluding tert-OH is 1. The van der Waals surface area contributed by atoms with E-state index in [2.05, 4.69) is 4.98 Å². The fourth-order valence-corrected chi connectivity index (χ4v) is 3.04. The average Bonchev–Trinajstić information content (AvgIpc) is 2.94. The molecule has 1 fully saturated rings. The highest BCUT2D eigenvalue weighted by atomic mass is 16.6. The number of imidazole rings is 1. The van der Waals surface area contributed by atoms with Crippen LogP contribution in [0.1, 0.15) is 22.6 Å². The van der Waals surface area contributed by atoms with Crippen LogP contribution in [0, 0.1) is 0 Å². The summed E-state index contributed by atoms with van der Waals surface area (Å²) in [6, 6.07) is 1.68. The highest BCUT2D eigenvalue weighted by Crippen LogP contribution is 2.41. The van der Waals surface area contributed by atoms with Gasteiger partial charge in [-0.3, -0.25) is 0 Å². The Morgan fingerprint density at radius 2 is 2.12 bits per heavy atom. The molecule has 0 unspecified atom stereocenters. The zero-order chi connectivity index (χ0) is 16.7. The minimum Gasteiger partial charge on any atom is -0.485 e. The Hall–Kier alpha value is -2.32. The van der Waals surface area contributed by atoms with Crippen LogP contribution in [0.25, 0.3) is 11.0 Å². The molecule has 8 heteroatoms. The molecule has 1 N–H and O–H groups in total. The molecule has 1 saturated heterocycles. The summed E-state index contributed by atoms with van der Waals surface area (Å²) in [5, 5.41) is 9.66. The third-order valence-corrected chi connectivity index (χ3v) is 4.34. The van der Waals surface area contributed by atoms with Gasteiger partial charge in [-0.15, -0.1) is 0 Å². The molecule has 0 aliphatic carbocycles. The molecule has 0 amide bonds. The van der Waals surface area contributed by atoms with Gasteiger partial charge in [0.25, 0.3) is 0 Å². The molecule has 1 aromatic carbocycles. The van der Waals surface area contributed by atoms with Crippen molar-refractivity contribution in [3.05, 3.63) is 17.5 Å². The van der Waals surface area contributed by atoms with Crippen LogP contribution in [0.4, 0.5) is 0 Å². The number of fused-ring (bicyclic) bond motifs is 3. The Morgan fingerprint density at radius 3 is 2.75 bits per heavy atom. The van der Waals surface area contributed by atoms with E-state index in [4.69, 9.17) is 18.9 Å². The van der Waals surface area contributed by atoms with Crippen molar-refractivity contribution < 1.29 is 28.8 Å². The second-order valence-corrected chi connectivity index (χ2v) is 5.72. The first-order valence-corrected chi connectivity index (χ1v) is 7.85. The molecule has 2 aliphatic heterocycles. The largest absolute Gasteiger partial charge is 0.485 e. The summed E-state index contributed by atoms with van der Waals surface area (Å²) in [5.74, 6) is 0.757. The lowest BCUT2D eigenvalue weighted by molar-refractivity contribution is -0.0593. The third kappa shape index (κ3) is 2.30. The van der Waals surface area contributed by atoms with Crippen LogP contribution in [0.15, 0.2) is 6.07 Å². The summed E-state index contributed by atoms with van der Waals surface area (Å²) in [4.78, 5) is 16.6. The molecular weight excluding hydrogens is 316 g/mol. The molecule has 0 radical (unpaired) electrons. The Balaban J connectivity index is 1.92. The monoisotopic (exact) mass is 334 g/mol. The minimum absolute atomic E-state index is 0.0856. The van der Waals surface area contributed by atoms with Crippen LogP contribution < -0.4 is 9.47 Å². The molecule has 0 spiro atoms. The number of aromatic nitrogens is 2. The van der Waals surface area contributed by atoms with Crippen molar-refractivity contribution in [1.29, 1.82) is 0 Å². The lowest BCUT2D eigenvalue weighted by atomic mass is 10.1. The van der Waals surface area contributed by atoms with E-state index in [1.54, 1.807) is 6.07 Å². The molecule has 1 atom stereocenters. The van der Waals surface area contributed by atoms with Crippen molar-refractivity contribution in [3.8, 4) is 11.5 Å². The summed E-state index contributed by atoms with van der Waals surface area (Å²) >= 11 is 0. The summed E-state index contributed by atoms with van der Waals surface area (Å²) in [7, 11) is 1.32. The van der Waals surface area contributed by atoms with Gasteiger partial charge >= 0.3 is 5.97 Å². The van der Waals surface area contributed by atoms with Gasteiger partial charge in [0.05, 0.1) is 25.3 Å². The number of methoxy groups -OCH3 is 1. The highest BCUT2D eigenvalue weighted by Gasteiger charge is 2.29. The van der Waals surface area contributed by atoms with E-state index in [-0.39, 0.29) is 12.7 Å².